The lowest BCUT2D eigenvalue weighted by Crippen LogP contribution is -2.46. The summed E-state index contributed by atoms with van der Waals surface area (Å²) < 4.78 is 5.39. The van der Waals surface area contributed by atoms with Crippen LogP contribution in [0.5, 0.6) is 0 Å². The summed E-state index contributed by atoms with van der Waals surface area (Å²) in [6.45, 7) is 10.1. The van der Waals surface area contributed by atoms with E-state index in [2.05, 4.69) is 19.2 Å². The molecule has 0 aromatic carbocycles. The van der Waals surface area contributed by atoms with Gasteiger partial charge in [0, 0.05) is 11.1 Å². The minimum absolute atomic E-state index is 0.0430. The third-order valence-corrected chi connectivity index (χ3v) is 4.25. The van der Waals surface area contributed by atoms with Gasteiger partial charge in [-0.2, -0.15) is 0 Å². The number of carbonyl (C=O) groups excluding carboxylic acids is 1. The summed E-state index contributed by atoms with van der Waals surface area (Å²) in [5.74, 6) is 1.10. The Morgan fingerprint density at radius 2 is 2.00 bits per heavy atom. The van der Waals surface area contributed by atoms with Crippen molar-refractivity contribution in [1.29, 1.82) is 0 Å². The van der Waals surface area contributed by atoms with Crippen LogP contribution in [0.3, 0.4) is 0 Å². The van der Waals surface area contributed by atoms with Crippen molar-refractivity contribution in [2.24, 2.45) is 17.6 Å². The Balaban J connectivity index is 1.98. The van der Waals surface area contributed by atoms with E-state index in [9.17, 15) is 4.79 Å². The average molecular weight is 268 g/mol. The van der Waals surface area contributed by atoms with E-state index < -0.39 is 5.60 Å². The first-order chi connectivity index (χ1) is 8.55. The number of ether oxygens (including phenoxy) is 1. The van der Waals surface area contributed by atoms with Crippen molar-refractivity contribution < 1.29 is 9.53 Å². The van der Waals surface area contributed by atoms with E-state index in [4.69, 9.17) is 10.5 Å². The lowest BCUT2D eigenvalue weighted by molar-refractivity contribution is 0.0482. The van der Waals surface area contributed by atoms with Crippen molar-refractivity contribution in [3.63, 3.8) is 0 Å². The van der Waals surface area contributed by atoms with Crippen LogP contribution < -0.4 is 11.1 Å². The first-order valence-corrected chi connectivity index (χ1v) is 7.35. The zero-order chi connectivity index (χ0) is 14.5. The van der Waals surface area contributed by atoms with Gasteiger partial charge in [-0.25, -0.2) is 4.79 Å². The van der Waals surface area contributed by atoms with E-state index in [1.54, 1.807) is 0 Å². The number of alkyl carbamates (subject to hydrolysis) is 1. The SMILES string of the molecule is CC(C)C1CC1(CC1(N)CC1)NC(=O)OC(C)(C)C. The summed E-state index contributed by atoms with van der Waals surface area (Å²) in [4.78, 5) is 12.0. The molecule has 4 heteroatoms. The molecule has 0 saturated heterocycles. The second-order valence-electron chi connectivity index (χ2n) is 7.88. The van der Waals surface area contributed by atoms with Crippen molar-refractivity contribution in [2.45, 2.75) is 77.0 Å². The van der Waals surface area contributed by atoms with Crippen molar-refractivity contribution in [2.75, 3.05) is 0 Å². The molecule has 2 saturated carbocycles. The Bertz CT molecular complexity index is 369. The van der Waals surface area contributed by atoms with Crippen LogP contribution in [0, 0.1) is 11.8 Å². The van der Waals surface area contributed by atoms with Crippen LogP contribution in [0.2, 0.25) is 0 Å². The molecular formula is C15H28N2O2. The molecular weight excluding hydrogens is 240 g/mol. The van der Waals surface area contributed by atoms with Crippen LogP contribution in [0.1, 0.15) is 60.3 Å². The fourth-order valence-electron chi connectivity index (χ4n) is 3.07. The molecule has 4 nitrogen and oxygen atoms in total. The zero-order valence-electron chi connectivity index (χ0n) is 12.9. The van der Waals surface area contributed by atoms with E-state index in [0.29, 0.717) is 11.8 Å². The van der Waals surface area contributed by atoms with Gasteiger partial charge in [0.25, 0.3) is 0 Å². The van der Waals surface area contributed by atoms with Gasteiger partial charge in [-0.05, 0) is 58.3 Å². The van der Waals surface area contributed by atoms with Gasteiger partial charge in [0.05, 0.1) is 0 Å². The number of hydrogen-bond donors (Lipinski definition) is 2. The number of rotatable bonds is 4. The molecule has 2 aliphatic rings. The maximum absolute atomic E-state index is 12.0. The summed E-state index contributed by atoms with van der Waals surface area (Å²) in [5.41, 5.74) is 5.63. The molecule has 0 spiro atoms. The second kappa shape index (κ2) is 4.37. The van der Waals surface area contributed by atoms with Crippen LogP contribution in [0.15, 0.2) is 0 Å². The summed E-state index contributed by atoms with van der Waals surface area (Å²) in [6, 6.07) is 0. The summed E-state index contributed by atoms with van der Waals surface area (Å²) >= 11 is 0. The van der Waals surface area contributed by atoms with Gasteiger partial charge in [-0.15, -0.1) is 0 Å². The molecule has 19 heavy (non-hydrogen) atoms. The fraction of sp³-hybridized carbons (Fsp3) is 0.933. The predicted molar refractivity (Wildman–Crippen MR) is 75.8 cm³/mol. The van der Waals surface area contributed by atoms with Gasteiger partial charge in [-0.3, -0.25) is 0 Å². The largest absolute Gasteiger partial charge is 0.444 e. The summed E-state index contributed by atoms with van der Waals surface area (Å²) in [6.07, 6.45) is 3.77. The smallest absolute Gasteiger partial charge is 0.408 e. The monoisotopic (exact) mass is 268 g/mol. The fourth-order valence-corrected chi connectivity index (χ4v) is 3.07. The third-order valence-electron chi connectivity index (χ3n) is 4.25. The lowest BCUT2D eigenvalue weighted by Gasteiger charge is -2.27. The van der Waals surface area contributed by atoms with Crippen LogP contribution in [-0.2, 0) is 4.74 Å². The van der Waals surface area contributed by atoms with Gasteiger partial charge in [0.2, 0.25) is 0 Å². The number of nitrogens with one attached hydrogen (secondary N) is 1. The van der Waals surface area contributed by atoms with Gasteiger partial charge in [0.1, 0.15) is 5.60 Å². The molecule has 2 unspecified atom stereocenters. The van der Waals surface area contributed by atoms with Crippen molar-refractivity contribution in [3.05, 3.63) is 0 Å². The molecule has 2 atom stereocenters. The predicted octanol–water partition coefficient (Wildman–Crippen LogP) is 2.81. The van der Waals surface area contributed by atoms with Crippen LogP contribution in [0.4, 0.5) is 4.79 Å². The number of nitrogens with two attached hydrogens (primary N) is 1. The molecule has 0 bridgehead atoms. The highest BCUT2D eigenvalue weighted by atomic mass is 16.6. The van der Waals surface area contributed by atoms with E-state index in [1.807, 2.05) is 20.8 Å². The summed E-state index contributed by atoms with van der Waals surface area (Å²) in [5, 5.41) is 3.11. The van der Waals surface area contributed by atoms with Gasteiger partial charge < -0.3 is 15.8 Å². The van der Waals surface area contributed by atoms with Crippen LogP contribution in [0.25, 0.3) is 0 Å². The molecule has 2 aliphatic carbocycles. The highest BCUT2D eigenvalue weighted by Gasteiger charge is 2.61. The van der Waals surface area contributed by atoms with Crippen molar-refractivity contribution >= 4 is 6.09 Å². The zero-order valence-corrected chi connectivity index (χ0v) is 12.9. The summed E-state index contributed by atoms with van der Waals surface area (Å²) in [7, 11) is 0. The molecule has 1 amide bonds. The number of carbonyl (C=O) groups is 1. The molecule has 3 N–H and O–H groups in total. The van der Waals surface area contributed by atoms with E-state index in [0.717, 1.165) is 25.7 Å². The normalized spacial score (nSPS) is 32.1. The van der Waals surface area contributed by atoms with Crippen molar-refractivity contribution in [1.82, 2.24) is 5.32 Å². The minimum Gasteiger partial charge on any atom is -0.444 e. The van der Waals surface area contributed by atoms with Gasteiger partial charge >= 0.3 is 6.09 Å². The molecule has 0 aliphatic heterocycles. The minimum atomic E-state index is -0.451. The Labute approximate surface area is 116 Å². The average Bonchev–Trinajstić information content (AvgIpc) is 3.03. The maximum atomic E-state index is 12.0. The van der Waals surface area contributed by atoms with E-state index in [1.165, 1.54) is 0 Å². The van der Waals surface area contributed by atoms with E-state index >= 15 is 0 Å². The standard InChI is InChI=1S/C15H28N2O2/c1-10(2)11-8-15(11,9-14(16)6-7-14)17-12(18)19-13(3,4)5/h10-11H,6-9,16H2,1-5H3,(H,17,18). The molecule has 0 heterocycles. The lowest BCUT2D eigenvalue weighted by atomic mass is 9.96. The van der Waals surface area contributed by atoms with Crippen LogP contribution >= 0.6 is 0 Å². The van der Waals surface area contributed by atoms with Gasteiger partial charge in [-0.1, -0.05) is 13.8 Å². The second-order valence-corrected chi connectivity index (χ2v) is 7.88. The van der Waals surface area contributed by atoms with Crippen LogP contribution in [-0.4, -0.2) is 22.8 Å². The topological polar surface area (TPSA) is 64.3 Å². The number of amides is 1. The first kappa shape index (κ1) is 14.6. The molecule has 2 fully saturated rings. The third kappa shape index (κ3) is 3.62. The highest BCUT2D eigenvalue weighted by molar-refractivity contribution is 5.69. The molecule has 2 rings (SSSR count). The quantitative estimate of drug-likeness (QED) is 0.824. The van der Waals surface area contributed by atoms with Crippen molar-refractivity contribution in [3.8, 4) is 0 Å². The Hall–Kier alpha value is -0.770. The molecule has 0 radical (unpaired) electrons. The van der Waals surface area contributed by atoms with Gasteiger partial charge in [0.15, 0.2) is 0 Å². The molecule has 0 aromatic heterocycles. The Morgan fingerprint density at radius 3 is 2.37 bits per heavy atom. The highest BCUT2D eigenvalue weighted by Crippen LogP contribution is 2.56. The Kier molecular flexibility index (Phi) is 3.37. The maximum Gasteiger partial charge on any atom is 0.408 e. The first-order valence-electron chi connectivity index (χ1n) is 7.35. The molecule has 0 aromatic rings. The number of hydrogen-bond acceptors (Lipinski definition) is 3. The Morgan fingerprint density at radius 1 is 1.42 bits per heavy atom. The molecule has 110 valence electrons. The van der Waals surface area contributed by atoms with E-state index in [-0.39, 0.29) is 17.2 Å².